The maximum Gasteiger partial charge on any atom is 0.266 e. The van der Waals surface area contributed by atoms with Crippen LogP contribution < -0.4 is 10.1 Å². The molecular formula is C18H21ClN2O2S. The number of aromatic nitrogens is 1. The molecule has 0 fully saturated rings. The van der Waals surface area contributed by atoms with Crippen molar-refractivity contribution < 1.29 is 9.53 Å². The summed E-state index contributed by atoms with van der Waals surface area (Å²) in [4.78, 5) is 18.2. The average molecular weight is 365 g/mol. The minimum atomic E-state index is -0.649. The minimum absolute atomic E-state index is 0.216. The molecule has 128 valence electrons. The van der Waals surface area contributed by atoms with Crippen LogP contribution in [-0.2, 0) is 17.6 Å². The fourth-order valence-electron chi connectivity index (χ4n) is 2.75. The third-order valence-electron chi connectivity index (χ3n) is 4.18. The molecule has 1 heterocycles. The summed E-state index contributed by atoms with van der Waals surface area (Å²) in [6.45, 7) is 5.92. The number of carbonyl (C=O) groups excluding carboxylic acids is 1. The maximum atomic E-state index is 12.4. The van der Waals surface area contributed by atoms with E-state index in [1.54, 1.807) is 24.3 Å². The van der Waals surface area contributed by atoms with Gasteiger partial charge in [0.2, 0.25) is 0 Å². The third-order valence-corrected chi connectivity index (χ3v) is 5.52. The Morgan fingerprint density at radius 2 is 2.29 bits per heavy atom. The molecule has 0 bridgehead atoms. The van der Waals surface area contributed by atoms with Crippen molar-refractivity contribution in [2.24, 2.45) is 5.92 Å². The van der Waals surface area contributed by atoms with E-state index in [2.05, 4.69) is 17.2 Å². The summed E-state index contributed by atoms with van der Waals surface area (Å²) in [7, 11) is 0. The molecule has 3 rings (SSSR count). The quantitative estimate of drug-likeness (QED) is 0.860. The number of halogens is 1. The molecular weight excluding hydrogens is 344 g/mol. The fourth-order valence-corrected chi connectivity index (χ4v) is 4.08. The van der Waals surface area contributed by atoms with Crippen LogP contribution in [-0.4, -0.2) is 17.0 Å². The van der Waals surface area contributed by atoms with Crippen molar-refractivity contribution in [3.8, 4) is 5.75 Å². The van der Waals surface area contributed by atoms with Crippen LogP contribution >= 0.6 is 22.9 Å². The highest BCUT2D eigenvalue weighted by atomic mass is 35.5. The highest BCUT2D eigenvalue weighted by molar-refractivity contribution is 7.15. The lowest BCUT2D eigenvalue weighted by Gasteiger charge is -2.15. The van der Waals surface area contributed by atoms with Crippen LogP contribution in [0.1, 0.15) is 36.4 Å². The molecule has 1 aliphatic rings. The van der Waals surface area contributed by atoms with Gasteiger partial charge < -0.3 is 4.74 Å². The van der Waals surface area contributed by atoms with Crippen LogP contribution in [0.5, 0.6) is 5.75 Å². The summed E-state index contributed by atoms with van der Waals surface area (Å²) in [5, 5.41) is 4.02. The molecule has 6 heteroatoms. The number of nitrogens with zero attached hydrogens (tertiary/aromatic N) is 1. The number of aryl methyl sites for hydroxylation is 2. The van der Waals surface area contributed by atoms with Crippen molar-refractivity contribution in [3.05, 3.63) is 39.4 Å². The molecule has 2 aromatic rings. The minimum Gasteiger partial charge on any atom is -0.479 e. The summed E-state index contributed by atoms with van der Waals surface area (Å²) in [6, 6.07) is 5.50. The van der Waals surface area contributed by atoms with E-state index in [0.29, 0.717) is 21.8 Å². The Morgan fingerprint density at radius 3 is 3.08 bits per heavy atom. The van der Waals surface area contributed by atoms with E-state index in [9.17, 15) is 4.79 Å². The molecule has 0 unspecified atom stereocenters. The van der Waals surface area contributed by atoms with E-state index >= 15 is 0 Å². The first-order chi connectivity index (χ1) is 11.4. The second kappa shape index (κ2) is 7.11. The highest BCUT2D eigenvalue weighted by Crippen LogP contribution is 2.32. The summed E-state index contributed by atoms with van der Waals surface area (Å²) in [6.07, 6.45) is 2.56. The smallest absolute Gasteiger partial charge is 0.266 e. The Labute approximate surface area is 151 Å². The van der Waals surface area contributed by atoms with Crippen LogP contribution in [0.3, 0.4) is 0 Å². The zero-order valence-corrected chi connectivity index (χ0v) is 15.6. The lowest BCUT2D eigenvalue weighted by Crippen LogP contribution is -2.30. The molecule has 24 heavy (non-hydrogen) atoms. The monoisotopic (exact) mass is 364 g/mol. The largest absolute Gasteiger partial charge is 0.479 e. The number of hydrogen-bond donors (Lipinski definition) is 1. The highest BCUT2D eigenvalue weighted by Gasteiger charge is 2.22. The molecule has 0 saturated heterocycles. The second-order valence-electron chi connectivity index (χ2n) is 6.42. The van der Waals surface area contributed by atoms with Gasteiger partial charge in [-0.1, -0.05) is 24.6 Å². The molecule has 0 aliphatic heterocycles. The predicted octanol–water partition coefficient (Wildman–Crippen LogP) is 4.64. The zero-order chi connectivity index (χ0) is 17.3. The van der Waals surface area contributed by atoms with Gasteiger partial charge in [-0.15, -0.1) is 11.3 Å². The van der Waals surface area contributed by atoms with Crippen LogP contribution in [0.25, 0.3) is 0 Å². The van der Waals surface area contributed by atoms with Crippen molar-refractivity contribution in [2.75, 3.05) is 5.32 Å². The van der Waals surface area contributed by atoms with Crippen LogP contribution in [0.2, 0.25) is 5.02 Å². The number of hydrogen-bond acceptors (Lipinski definition) is 4. The zero-order valence-electron chi connectivity index (χ0n) is 14.1. The van der Waals surface area contributed by atoms with Gasteiger partial charge in [0, 0.05) is 4.88 Å². The van der Waals surface area contributed by atoms with Gasteiger partial charge in [0.1, 0.15) is 5.75 Å². The van der Waals surface area contributed by atoms with Gasteiger partial charge in [0.15, 0.2) is 11.2 Å². The normalized spacial score (nSPS) is 17.9. The van der Waals surface area contributed by atoms with Crippen LogP contribution in [0, 0.1) is 12.8 Å². The summed E-state index contributed by atoms with van der Waals surface area (Å²) >= 11 is 7.69. The number of benzene rings is 1. The van der Waals surface area contributed by atoms with Crippen molar-refractivity contribution in [1.29, 1.82) is 0 Å². The SMILES string of the molecule is Cc1ccc(Cl)c(O[C@H](C)C(=O)Nc2nc3c(s2)C[C@H](C)CC3)c1. The van der Waals surface area contributed by atoms with E-state index in [4.69, 9.17) is 16.3 Å². The molecule has 1 aliphatic carbocycles. The van der Waals surface area contributed by atoms with Crippen molar-refractivity contribution >= 4 is 34.0 Å². The number of fused-ring (bicyclic) bond motifs is 1. The molecule has 1 aromatic carbocycles. The van der Waals surface area contributed by atoms with Crippen LogP contribution in [0.4, 0.5) is 5.13 Å². The molecule has 0 radical (unpaired) electrons. The first-order valence-electron chi connectivity index (χ1n) is 8.14. The Balaban J connectivity index is 1.65. The molecule has 2 atom stereocenters. The van der Waals surface area contributed by atoms with Gasteiger partial charge in [-0.25, -0.2) is 4.98 Å². The molecule has 4 nitrogen and oxygen atoms in total. The number of carbonyl (C=O) groups is 1. The van der Waals surface area contributed by atoms with Gasteiger partial charge in [-0.3, -0.25) is 10.1 Å². The molecule has 1 N–H and O–H groups in total. The van der Waals surface area contributed by atoms with Gasteiger partial charge in [0.25, 0.3) is 5.91 Å². The Morgan fingerprint density at radius 1 is 1.50 bits per heavy atom. The average Bonchev–Trinajstić information content (AvgIpc) is 2.92. The standard InChI is InChI=1S/C18H21ClN2O2S/c1-10-4-6-13(19)15(8-10)23-12(3)17(22)21-18-20-14-7-5-11(2)9-16(14)24-18/h4,6,8,11-12H,5,7,9H2,1-3H3,(H,20,21,22)/t11-,12-/m1/s1. The Bertz CT molecular complexity index is 759. The number of thiazole rings is 1. The number of rotatable bonds is 4. The van der Waals surface area contributed by atoms with E-state index in [-0.39, 0.29) is 5.91 Å². The van der Waals surface area contributed by atoms with Gasteiger partial charge in [0.05, 0.1) is 10.7 Å². The summed E-state index contributed by atoms with van der Waals surface area (Å²) < 4.78 is 5.71. The van der Waals surface area contributed by atoms with Gasteiger partial charge in [-0.05, 0) is 56.7 Å². The predicted molar refractivity (Wildman–Crippen MR) is 98.2 cm³/mol. The van der Waals surface area contributed by atoms with Crippen LogP contribution in [0.15, 0.2) is 18.2 Å². The first kappa shape index (κ1) is 17.2. The maximum absolute atomic E-state index is 12.4. The third kappa shape index (κ3) is 3.90. The number of amides is 1. The lowest BCUT2D eigenvalue weighted by atomic mass is 9.93. The molecule has 0 spiro atoms. The fraction of sp³-hybridized carbons (Fsp3) is 0.444. The van der Waals surface area contributed by atoms with Gasteiger partial charge >= 0.3 is 0 Å². The number of ether oxygens (including phenoxy) is 1. The van der Waals surface area contributed by atoms with E-state index < -0.39 is 6.10 Å². The van der Waals surface area contributed by atoms with Crippen molar-refractivity contribution in [3.63, 3.8) is 0 Å². The molecule has 1 amide bonds. The van der Waals surface area contributed by atoms with E-state index in [0.717, 1.165) is 30.5 Å². The Hall–Kier alpha value is -1.59. The number of nitrogens with one attached hydrogen (secondary N) is 1. The summed E-state index contributed by atoms with van der Waals surface area (Å²) in [5.74, 6) is 0.991. The summed E-state index contributed by atoms with van der Waals surface area (Å²) in [5.41, 5.74) is 2.16. The van der Waals surface area contributed by atoms with Gasteiger partial charge in [-0.2, -0.15) is 0 Å². The second-order valence-corrected chi connectivity index (χ2v) is 7.91. The topological polar surface area (TPSA) is 51.2 Å². The van der Waals surface area contributed by atoms with E-state index in [1.165, 1.54) is 4.88 Å². The van der Waals surface area contributed by atoms with Crippen molar-refractivity contribution in [2.45, 2.75) is 46.1 Å². The molecule has 1 aromatic heterocycles. The van der Waals surface area contributed by atoms with E-state index in [1.807, 2.05) is 19.1 Å². The lowest BCUT2D eigenvalue weighted by molar-refractivity contribution is -0.122. The van der Waals surface area contributed by atoms with Crippen molar-refractivity contribution in [1.82, 2.24) is 4.98 Å². The Kier molecular flexibility index (Phi) is 5.11. The molecule has 0 saturated carbocycles. The first-order valence-corrected chi connectivity index (χ1v) is 9.34. The number of anilines is 1.